The first-order valence-corrected chi connectivity index (χ1v) is 7.32. The Morgan fingerprint density at radius 1 is 1.32 bits per heavy atom. The van der Waals surface area contributed by atoms with Gasteiger partial charge in [-0.05, 0) is 53.4 Å². The summed E-state index contributed by atoms with van der Waals surface area (Å²) in [6.45, 7) is 9.49. The van der Waals surface area contributed by atoms with Crippen LogP contribution in [0, 0.1) is 19.8 Å². The molecule has 1 aromatic carbocycles. The van der Waals surface area contributed by atoms with Crippen molar-refractivity contribution in [2.24, 2.45) is 5.92 Å². The molecule has 0 atom stereocenters. The fourth-order valence-corrected chi connectivity index (χ4v) is 2.61. The van der Waals surface area contributed by atoms with E-state index in [0.29, 0.717) is 5.92 Å². The number of hydrogen-bond donors (Lipinski definition) is 1. The summed E-state index contributed by atoms with van der Waals surface area (Å²) in [6.07, 6.45) is 2.09. The molecule has 102 valence electrons. The Hall–Kier alpha value is -1.29. The lowest BCUT2D eigenvalue weighted by Gasteiger charge is -2.13. The van der Waals surface area contributed by atoms with E-state index < -0.39 is 0 Å². The minimum Gasteiger partial charge on any atom is -0.325 e. The quantitative estimate of drug-likeness (QED) is 0.887. The number of rotatable bonds is 4. The van der Waals surface area contributed by atoms with Crippen LogP contribution in [0.15, 0.2) is 28.9 Å². The molecule has 0 radical (unpaired) electrons. The summed E-state index contributed by atoms with van der Waals surface area (Å²) in [5, 5.41) is 3.40. The van der Waals surface area contributed by atoms with Crippen molar-refractivity contribution >= 4 is 27.6 Å². The predicted molar refractivity (Wildman–Crippen MR) is 84.0 cm³/mol. The van der Waals surface area contributed by atoms with Crippen molar-refractivity contribution in [1.82, 2.24) is 9.55 Å². The maximum atomic E-state index is 4.55. The average Bonchev–Trinajstić information content (AvgIpc) is 2.62. The summed E-state index contributed by atoms with van der Waals surface area (Å²) in [6, 6.07) is 6.27. The number of aromatic nitrogens is 2. The summed E-state index contributed by atoms with van der Waals surface area (Å²) in [4.78, 5) is 4.55. The highest BCUT2D eigenvalue weighted by Gasteiger charge is 2.09. The van der Waals surface area contributed by atoms with E-state index in [4.69, 9.17) is 0 Å². The van der Waals surface area contributed by atoms with Crippen molar-refractivity contribution in [2.45, 2.75) is 34.2 Å². The summed E-state index contributed by atoms with van der Waals surface area (Å²) in [5.41, 5.74) is 3.31. The van der Waals surface area contributed by atoms with Crippen LogP contribution in [0.25, 0.3) is 0 Å². The molecular weight excluding hydrogens is 302 g/mol. The van der Waals surface area contributed by atoms with Gasteiger partial charge < -0.3 is 9.88 Å². The molecule has 0 spiro atoms. The number of imidazole rings is 1. The zero-order valence-electron chi connectivity index (χ0n) is 11.9. The second-order valence-corrected chi connectivity index (χ2v) is 6.21. The van der Waals surface area contributed by atoms with Gasteiger partial charge in [0.25, 0.3) is 0 Å². The van der Waals surface area contributed by atoms with E-state index in [1.54, 1.807) is 0 Å². The topological polar surface area (TPSA) is 29.9 Å². The third-order valence-electron chi connectivity index (χ3n) is 2.83. The van der Waals surface area contributed by atoms with Crippen LogP contribution in [0.4, 0.5) is 11.6 Å². The van der Waals surface area contributed by atoms with Crippen molar-refractivity contribution in [2.75, 3.05) is 5.32 Å². The largest absolute Gasteiger partial charge is 0.325 e. The van der Waals surface area contributed by atoms with E-state index in [1.165, 1.54) is 5.56 Å². The molecule has 0 unspecified atom stereocenters. The van der Waals surface area contributed by atoms with Gasteiger partial charge in [0, 0.05) is 17.2 Å². The molecule has 0 bridgehead atoms. The Balaban J connectivity index is 2.27. The smallest absolute Gasteiger partial charge is 0.207 e. The Morgan fingerprint density at radius 3 is 2.68 bits per heavy atom. The molecule has 0 aliphatic carbocycles. The lowest BCUT2D eigenvalue weighted by molar-refractivity contribution is 0.527. The number of hydrogen-bond acceptors (Lipinski definition) is 2. The van der Waals surface area contributed by atoms with E-state index in [1.807, 2.05) is 6.92 Å². The standard InChI is InChI=1S/C15H20BrN3/c1-10(2)8-19-9-12(4)17-15(19)18-14-6-5-11(3)7-13(14)16/h5-7,9-10H,8H2,1-4H3,(H,17,18). The summed E-state index contributed by atoms with van der Waals surface area (Å²) in [5.74, 6) is 1.49. The molecule has 0 aliphatic rings. The third-order valence-corrected chi connectivity index (χ3v) is 3.49. The van der Waals surface area contributed by atoms with Crippen LogP contribution in [-0.2, 0) is 6.54 Å². The van der Waals surface area contributed by atoms with Gasteiger partial charge in [-0.3, -0.25) is 0 Å². The van der Waals surface area contributed by atoms with E-state index in [2.05, 4.69) is 76.0 Å². The molecule has 3 nitrogen and oxygen atoms in total. The molecule has 2 rings (SSSR count). The molecule has 0 aliphatic heterocycles. The lowest BCUT2D eigenvalue weighted by atomic mass is 10.2. The zero-order chi connectivity index (χ0) is 14.0. The van der Waals surface area contributed by atoms with Gasteiger partial charge in [0.05, 0.1) is 11.4 Å². The normalized spacial score (nSPS) is 11.1. The van der Waals surface area contributed by atoms with Crippen LogP contribution in [0.1, 0.15) is 25.1 Å². The van der Waals surface area contributed by atoms with Crippen LogP contribution in [0.5, 0.6) is 0 Å². The van der Waals surface area contributed by atoms with Crippen molar-refractivity contribution in [1.29, 1.82) is 0 Å². The molecule has 2 aromatic rings. The number of anilines is 2. The molecule has 1 N–H and O–H groups in total. The highest BCUT2D eigenvalue weighted by atomic mass is 79.9. The zero-order valence-corrected chi connectivity index (χ0v) is 13.5. The minimum atomic E-state index is 0.593. The van der Waals surface area contributed by atoms with Gasteiger partial charge in [-0.25, -0.2) is 4.98 Å². The molecule has 0 saturated carbocycles. The number of benzene rings is 1. The molecular formula is C15H20BrN3. The predicted octanol–water partition coefficient (Wildman–Crippen LogP) is 4.66. The fourth-order valence-electron chi connectivity index (χ4n) is 2.02. The SMILES string of the molecule is Cc1ccc(Nc2nc(C)cn2CC(C)C)c(Br)c1. The maximum absolute atomic E-state index is 4.55. The van der Waals surface area contributed by atoms with E-state index in [9.17, 15) is 0 Å². The number of aryl methyl sites for hydroxylation is 2. The van der Waals surface area contributed by atoms with Gasteiger partial charge in [0.2, 0.25) is 5.95 Å². The second-order valence-electron chi connectivity index (χ2n) is 5.36. The van der Waals surface area contributed by atoms with E-state index in [-0.39, 0.29) is 0 Å². The second kappa shape index (κ2) is 5.78. The van der Waals surface area contributed by atoms with E-state index in [0.717, 1.165) is 28.3 Å². The van der Waals surface area contributed by atoms with Gasteiger partial charge in [0.15, 0.2) is 0 Å². The molecule has 0 amide bonds. The Kier molecular flexibility index (Phi) is 4.30. The van der Waals surface area contributed by atoms with Crippen LogP contribution in [0.2, 0.25) is 0 Å². The average molecular weight is 322 g/mol. The number of halogens is 1. The van der Waals surface area contributed by atoms with Crippen LogP contribution < -0.4 is 5.32 Å². The van der Waals surface area contributed by atoms with Gasteiger partial charge >= 0.3 is 0 Å². The first-order chi connectivity index (χ1) is 8.95. The summed E-state index contributed by atoms with van der Waals surface area (Å²) >= 11 is 3.59. The van der Waals surface area contributed by atoms with Gasteiger partial charge in [-0.15, -0.1) is 0 Å². The van der Waals surface area contributed by atoms with Gasteiger partial charge in [-0.2, -0.15) is 0 Å². The lowest BCUT2D eigenvalue weighted by Crippen LogP contribution is -2.07. The summed E-state index contributed by atoms with van der Waals surface area (Å²) in [7, 11) is 0. The molecule has 0 fully saturated rings. The van der Waals surface area contributed by atoms with E-state index >= 15 is 0 Å². The van der Waals surface area contributed by atoms with Crippen molar-refractivity contribution in [3.63, 3.8) is 0 Å². The maximum Gasteiger partial charge on any atom is 0.207 e. The van der Waals surface area contributed by atoms with Gasteiger partial charge in [0.1, 0.15) is 0 Å². The number of nitrogens with zero attached hydrogens (tertiary/aromatic N) is 2. The summed E-state index contributed by atoms with van der Waals surface area (Å²) < 4.78 is 3.23. The number of nitrogens with one attached hydrogen (secondary N) is 1. The molecule has 4 heteroatoms. The first-order valence-electron chi connectivity index (χ1n) is 6.52. The highest BCUT2D eigenvalue weighted by Crippen LogP contribution is 2.26. The van der Waals surface area contributed by atoms with Crippen molar-refractivity contribution in [3.8, 4) is 0 Å². The molecule has 0 saturated heterocycles. The van der Waals surface area contributed by atoms with Crippen molar-refractivity contribution in [3.05, 3.63) is 40.1 Å². The highest BCUT2D eigenvalue weighted by molar-refractivity contribution is 9.10. The van der Waals surface area contributed by atoms with Gasteiger partial charge in [-0.1, -0.05) is 19.9 Å². The monoisotopic (exact) mass is 321 g/mol. The van der Waals surface area contributed by atoms with Crippen molar-refractivity contribution < 1.29 is 0 Å². The molecule has 19 heavy (non-hydrogen) atoms. The fraction of sp³-hybridized carbons (Fsp3) is 0.400. The minimum absolute atomic E-state index is 0.593. The third kappa shape index (κ3) is 3.60. The van der Waals surface area contributed by atoms with Crippen LogP contribution in [0.3, 0.4) is 0 Å². The van der Waals surface area contributed by atoms with Crippen LogP contribution in [-0.4, -0.2) is 9.55 Å². The molecule has 1 heterocycles. The Labute approximate surface area is 123 Å². The Bertz CT molecular complexity index is 573. The Morgan fingerprint density at radius 2 is 2.05 bits per heavy atom. The first kappa shape index (κ1) is 14.1. The van der Waals surface area contributed by atoms with Crippen LogP contribution >= 0.6 is 15.9 Å². The molecule has 1 aromatic heterocycles.